The number of carbonyl (C=O) groups excluding carboxylic acids is 1. The molecule has 2 rings (SSSR count). The molecule has 0 bridgehead atoms. The molecule has 0 heterocycles. The van der Waals surface area contributed by atoms with Gasteiger partial charge in [-0.05, 0) is 45.4 Å². The van der Waals surface area contributed by atoms with Crippen LogP contribution in [-0.2, 0) is 4.79 Å². The van der Waals surface area contributed by atoms with Gasteiger partial charge in [0.25, 0.3) is 0 Å². The Morgan fingerprint density at radius 2 is 1.96 bits per heavy atom. The maximum absolute atomic E-state index is 12.2. The van der Waals surface area contributed by atoms with Crippen molar-refractivity contribution in [1.29, 1.82) is 0 Å². The summed E-state index contributed by atoms with van der Waals surface area (Å²) in [5.74, 6) is 1.26. The largest absolute Gasteiger partial charge is 0.356 e. The fraction of sp³-hybridized carbons (Fsp3) is 0.765. The molecule has 1 amide bonds. The average Bonchev–Trinajstić information content (AvgIpc) is 3.34. The molecule has 2 unspecified atom stereocenters. The van der Waals surface area contributed by atoms with Gasteiger partial charge in [0.05, 0.1) is 0 Å². The first-order valence-corrected chi connectivity index (χ1v) is 8.61. The van der Waals surface area contributed by atoms with Crippen molar-refractivity contribution < 1.29 is 4.79 Å². The van der Waals surface area contributed by atoms with Crippen LogP contribution in [0.1, 0.15) is 51.9 Å². The van der Waals surface area contributed by atoms with Gasteiger partial charge in [0.2, 0.25) is 5.91 Å². The van der Waals surface area contributed by atoms with E-state index >= 15 is 0 Å². The van der Waals surface area contributed by atoms with E-state index in [0.29, 0.717) is 12.1 Å². The number of nitrogens with zero attached hydrogens (tertiary/aromatic N) is 1. The predicted octanol–water partition coefficient (Wildman–Crippen LogP) is 2.57. The predicted molar refractivity (Wildman–Crippen MR) is 106 cm³/mol. The van der Waals surface area contributed by atoms with Gasteiger partial charge in [-0.15, -0.1) is 24.0 Å². The summed E-state index contributed by atoms with van der Waals surface area (Å²) in [5.41, 5.74) is 0. The number of aliphatic imine (C=N–C) groups is 1. The van der Waals surface area contributed by atoms with Crippen LogP contribution in [-0.4, -0.2) is 37.5 Å². The van der Waals surface area contributed by atoms with Crippen LogP contribution >= 0.6 is 24.0 Å². The Balaban J connectivity index is 0.00000264. The van der Waals surface area contributed by atoms with E-state index in [1.54, 1.807) is 7.05 Å². The van der Waals surface area contributed by atoms with Crippen LogP contribution in [0, 0.1) is 5.92 Å². The zero-order valence-electron chi connectivity index (χ0n) is 14.3. The number of rotatable bonds is 6. The second kappa shape index (κ2) is 10.9. The summed E-state index contributed by atoms with van der Waals surface area (Å²) in [4.78, 5) is 16.5. The standard InChI is InChI=1S/C17H30N4O.HI/c1-3-4-5-11-19-17(18-2)21-15-8-6-7-13(12-15)16(22)20-14-9-10-14;/h3-4,13-15H,5-12H2,1-2H3,(H,20,22)(H2,18,19,21);1H/b4-3+;. The molecule has 0 aromatic rings. The number of carbonyl (C=O) groups is 1. The van der Waals surface area contributed by atoms with Crippen LogP contribution in [0.25, 0.3) is 0 Å². The second-order valence-corrected chi connectivity index (χ2v) is 6.34. The quantitative estimate of drug-likeness (QED) is 0.198. The number of guanidine groups is 1. The number of hydrogen-bond acceptors (Lipinski definition) is 2. The Morgan fingerprint density at radius 1 is 1.17 bits per heavy atom. The van der Waals surface area contributed by atoms with Gasteiger partial charge >= 0.3 is 0 Å². The van der Waals surface area contributed by atoms with Crippen molar-refractivity contribution in [2.24, 2.45) is 10.9 Å². The summed E-state index contributed by atoms with van der Waals surface area (Å²) in [6.45, 7) is 2.91. The van der Waals surface area contributed by atoms with E-state index in [4.69, 9.17) is 0 Å². The Hall–Kier alpha value is -0.790. The highest BCUT2D eigenvalue weighted by molar-refractivity contribution is 14.0. The molecule has 0 radical (unpaired) electrons. The van der Waals surface area contributed by atoms with Crippen molar-refractivity contribution in [2.45, 2.75) is 64.0 Å². The van der Waals surface area contributed by atoms with Gasteiger partial charge in [0.15, 0.2) is 5.96 Å². The lowest BCUT2D eigenvalue weighted by Crippen LogP contribution is -2.47. The Labute approximate surface area is 157 Å². The molecule has 5 nitrogen and oxygen atoms in total. The van der Waals surface area contributed by atoms with Crippen LogP contribution in [0.2, 0.25) is 0 Å². The molecule has 2 atom stereocenters. The lowest BCUT2D eigenvalue weighted by molar-refractivity contribution is -0.126. The Bertz CT molecular complexity index is 421. The topological polar surface area (TPSA) is 65.5 Å². The summed E-state index contributed by atoms with van der Waals surface area (Å²) >= 11 is 0. The third-order valence-electron chi connectivity index (χ3n) is 4.37. The van der Waals surface area contributed by atoms with Gasteiger partial charge in [0, 0.05) is 31.6 Å². The van der Waals surface area contributed by atoms with Gasteiger partial charge < -0.3 is 16.0 Å². The second-order valence-electron chi connectivity index (χ2n) is 6.34. The van der Waals surface area contributed by atoms with E-state index < -0.39 is 0 Å². The lowest BCUT2D eigenvalue weighted by Gasteiger charge is -2.30. The molecule has 3 N–H and O–H groups in total. The highest BCUT2D eigenvalue weighted by Gasteiger charge is 2.31. The zero-order chi connectivity index (χ0) is 15.8. The van der Waals surface area contributed by atoms with Crippen molar-refractivity contribution in [2.75, 3.05) is 13.6 Å². The summed E-state index contributed by atoms with van der Waals surface area (Å²) in [7, 11) is 1.80. The molecule has 0 aromatic heterocycles. The molecule has 0 aliphatic heterocycles. The number of halogens is 1. The van der Waals surface area contributed by atoms with E-state index in [0.717, 1.165) is 57.5 Å². The lowest BCUT2D eigenvalue weighted by atomic mass is 9.85. The molecule has 2 aliphatic rings. The molecular formula is C17H31IN4O. The fourth-order valence-electron chi connectivity index (χ4n) is 2.93. The molecule has 23 heavy (non-hydrogen) atoms. The zero-order valence-corrected chi connectivity index (χ0v) is 16.6. The maximum atomic E-state index is 12.2. The minimum absolute atomic E-state index is 0. The third-order valence-corrected chi connectivity index (χ3v) is 4.37. The normalized spacial score (nSPS) is 24.9. The molecule has 6 heteroatoms. The van der Waals surface area contributed by atoms with Crippen molar-refractivity contribution >= 4 is 35.8 Å². The highest BCUT2D eigenvalue weighted by atomic mass is 127. The first-order chi connectivity index (χ1) is 10.7. The first kappa shape index (κ1) is 20.3. The SMILES string of the molecule is C/C=C/CCNC(=NC)NC1CCCC(C(=O)NC2CC2)C1.I. The van der Waals surface area contributed by atoms with Crippen LogP contribution in [0.15, 0.2) is 17.1 Å². The Kier molecular flexibility index (Phi) is 9.59. The summed E-state index contributed by atoms with van der Waals surface area (Å²) < 4.78 is 0. The van der Waals surface area contributed by atoms with Crippen LogP contribution in [0.3, 0.4) is 0 Å². The van der Waals surface area contributed by atoms with E-state index in [-0.39, 0.29) is 35.8 Å². The van der Waals surface area contributed by atoms with Crippen molar-refractivity contribution in [3.8, 4) is 0 Å². The molecule has 2 aliphatic carbocycles. The fourth-order valence-corrected chi connectivity index (χ4v) is 2.93. The number of hydrogen-bond donors (Lipinski definition) is 3. The van der Waals surface area contributed by atoms with Gasteiger partial charge in [-0.2, -0.15) is 0 Å². The molecule has 0 aromatic carbocycles. The van der Waals surface area contributed by atoms with Crippen molar-refractivity contribution in [3.05, 3.63) is 12.2 Å². The van der Waals surface area contributed by atoms with E-state index in [2.05, 4.69) is 33.1 Å². The van der Waals surface area contributed by atoms with Gasteiger partial charge in [0.1, 0.15) is 0 Å². The summed E-state index contributed by atoms with van der Waals surface area (Å²) in [6.07, 6.45) is 11.7. The maximum Gasteiger partial charge on any atom is 0.223 e. The smallest absolute Gasteiger partial charge is 0.223 e. The van der Waals surface area contributed by atoms with Gasteiger partial charge in [-0.1, -0.05) is 18.6 Å². The number of allylic oxidation sites excluding steroid dienone is 1. The Morgan fingerprint density at radius 3 is 2.61 bits per heavy atom. The number of amides is 1. The average molecular weight is 434 g/mol. The minimum Gasteiger partial charge on any atom is -0.356 e. The molecule has 2 fully saturated rings. The van der Waals surface area contributed by atoms with Crippen LogP contribution in [0.4, 0.5) is 0 Å². The molecule has 132 valence electrons. The summed E-state index contributed by atoms with van der Waals surface area (Å²) in [5, 5.41) is 9.94. The summed E-state index contributed by atoms with van der Waals surface area (Å²) in [6, 6.07) is 0.804. The minimum atomic E-state index is 0. The molecular weight excluding hydrogens is 403 g/mol. The van der Waals surface area contributed by atoms with Crippen LogP contribution < -0.4 is 16.0 Å². The van der Waals surface area contributed by atoms with Crippen molar-refractivity contribution in [1.82, 2.24) is 16.0 Å². The highest BCUT2D eigenvalue weighted by Crippen LogP contribution is 2.26. The van der Waals surface area contributed by atoms with E-state index in [1.165, 1.54) is 0 Å². The number of nitrogens with one attached hydrogen (secondary N) is 3. The van der Waals surface area contributed by atoms with E-state index in [1.807, 2.05) is 6.92 Å². The monoisotopic (exact) mass is 434 g/mol. The van der Waals surface area contributed by atoms with Gasteiger partial charge in [-0.3, -0.25) is 9.79 Å². The van der Waals surface area contributed by atoms with E-state index in [9.17, 15) is 4.79 Å². The molecule has 2 saturated carbocycles. The third kappa shape index (κ3) is 7.54. The first-order valence-electron chi connectivity index (χ1n) is 8.61. The van der Waals surface area contributed by atoms with Crippen LogP contribution in [0.5, 0.6) is 0 Å². The van der Waals surface area contributed by atoms with Gasteiger partial charge in [-0.25, -0.2) is 0 Å². The molecule has 0 saturated heterocycles. The molecule has 0 spiro atoms. The van der Waals surface area contributed by atoms with Crippen molar-refractivity contribution in [3.63, 3.8) is 0 Å².